The third kappa shape index (κ3) is 3.90. The second kappa shape index (κ2) is 8.51. The average molecular weight is 399 g/mol. The maximum absolute atomic E-state index is 12.5. The number of allylic oxidation sites excluding steroid dienone is 2. The van der Waals surface area contributed by atoms with E-state index in [0.717, 1.165) is 18.7 Å². The fourth-order valence-corrected chi connectivity index (χ4v) is 4.03. The molecule has 0 N–H and O–H groups in total. The Labute approximate surface area is 169 Å². The predicted molar refractivity (Wildman–Crippen MR) is 104 cm³/mol. The van der Waals surface area contributed by atoms with Crippen molar-refractivity contribution in [1.82, 2.24) is 4.90 Å². The first-order chi connectivity index (χ1) is 13.9. The van der Waals surface area contributed by atoms with Gasteiger partial charge < -0.3 is 19.1 Å². The summed E-state index contributed by atoms with van der Waals surface area (Å²) in [6.07, 6.45) is 4.17. The molecule has 0 aromatic heterocycles. The van der Waals surface area contributed by atoms with Gasteiger partial charge in [-0.1, -0.05) is 30.3 Å². The zero-order chi connectivity index (χ0) is 21.0. The molecule has 3 rings (SSSR count). The summed E-state index contributed by atoms with van der Waals surface area (Å²) in [5, 5.41) is 0. The van der Waals surface area contributed by atoms with Crippen LogP contribution in [0, 0.1) is 5.41 Å². The van der Waals surface area contributed by atoms with E-state index >= 15 is 0 Å². The average Bonchev–Trinajstić information content (AvgIpc) is 2.77. The van der Waals surface area contributed by atoms with Crippen LogP contribution in [0.15, 0.2) is 47.7 Å². The Bertz CT molecular complexity index is 869. The van der Waals surface area contributed by atoms with E-state index in [2.05, 4.69) is 17.0 Å². The third-order valence-electron chi connectivity index (χ3n) is 5.58. The van der Waals surface area contributed by atoms with Crippen LogP contribution < -0.4 is 0 Å². The molecule has 0 saturated heterocycles. The van der Waals surface area contributed by atoms with Crippen LogP contribution in [0.5, 0.6) is 0 Å². The summed E-state index contributed by atoms with van der Waals surface area (Å²) in [7, 11) is 3.76. The molecule has 7 nitrogen and oxygen atoms in total. The molecule has 2 aliphatic rings. The summed E-state index contributed by atoms with van der Waals surface area (Å²) in [5.41, 5.74) is 2.39. The highest BCUT2D eigenvalue weighted by molar-refractivity contribution is 6.01. The number of rotatable bonds is 4. The van der Waals surface area contributed by atoms with Crippen molar-refractivity contribution in [1.29, 1.82) is 0 Å². The van der Waals surface area contributed by atoms with Gasteiger partial charge in [0.1, 0.15) is 0 Å². The second-order valence-corrected chi connectivity index (χ2v) is 7.17. The summed E-state index contributed by atoms with van der Waals surface area (Å²) in [6, 6.07) is 8.23. The largest absolute Gasteiger partial charge is 0.468 e. The van der Waals surface area contributed by atoms with E-state index in [4.69, 9.17) is 14.2 Å². The Morgan fingerprint density at radius 2 is 1.66 bits per heavy atom. The minimum absolute atomic E-state index is 0.00538. The number of methoxy groups -OCH3 is 3. The molecule has 0 amide bonds. The summed E-state index contributed by atoms with van der Waals surface area (Å²) in [4.78, 5) is 39.2. The van der Waals surface area contributed by atoms with E-state index in [1.165, 1.54) is 38.5 Å². The molecular formula is C22H25NO6. The van der Waals surface area contributed by atoms with Crippen LogP contribution in [0.1, 0.15) is 24.0 Å². The van der Waals surface area contributed by atoms with Gasteiger partial charge in [-0.15, -0.1) is 0 Å². The van der Waals surface area contributed by atoms with Crippen molar-refractivity contribution >= 4 is 17.9 Å². The third-order valence-corrected chi connectivity index (χ3v) is 5.58. The highest BCUT2D eigenvalue weighted by atomic mass is 16.5. The van der Waals surface area contributed by atoms with E-state index in [-0.39, 0.29) is 12.8 Å². The minimum Gasteiger partial charge on any atom is -0.468 e. The molecule has 0 bridgehead atoms. The molecule has 1 aromatic carbocycles. The number of carbonyl (C=O) groups excluding carboxylic acids is 3. The molecule has 1 heterocycles. The van der Waals surface area contributed by atoms with Crippen LogP contribution >= 0.6 is 0 Å². The molecule has 1 aliphatic carbocycles. The monoisotopic (exact) mass is 399 g/mol. The normalized spacial score (nSPS) is 19.1. The zero-order valence-corrected chi connectivity index (χ0v) is 16.9. The van der Waals surface area contributed by atoms with Gasteiger partial charge in [0, 0.05) is 31.3 Å². The van der Waals surface area contributed by atoms with Gasteiger partial charge >= 0.3 is 17.9 Å². The summed E-state index contributed by atoms with van der Waals surface area (Å²) in [6.45, 7) is 1.45. The number of nitrogens with zero attached hydrogens (tertiary/aromatic N) is 1. The smallest absolute Gasteiger partial charge is 0.330 e. The van der Waals surface area contributed by atoms with Crippen LogP contribution in [-0.4, -0.2) is 50.7 Å². The molecular weight excluding hydrogens is 374 g/mol. The molecule has 29 heavy (non-hydrogen) atoms. The number of fused-ring (bicyclic) bond motifs is 1. The number of benzene rings is 1. The standard InChI is InChI=1S/C22H25NO6/c1-27-19(24)12-17-13-22(20(25)28-2,21(26)29-3)10-8-18(17)23-11-9-15-6-4-5-7-16(15)14-23/h4-8,12H,9-11,13-14H2,1-3H3/b17-12+. The van der Waals surface area contributed by atoms with Crippen molar-refractivity contribution in [3.63, 3.8) is 0 Å². The van der Waals surface area contributed by atoms with Crippen molar-refractivity contribution < 1.29 is 28.6 Å². The number of ether oxygens (including phenoxy) is 3. The van der Waals surface area contributed by atoms with Crippen molar-refractivity contribution in [2.45, 2.75) is 25.8 Å². The molecule has 7 heteroatoms. The fraction of sp³-hybridized carbons (Fsp3) is 0.409. The van der Waals surface area contributed by atoms with Crippen LogP contribution in [0.3, 0.4) is 0 Å². The lowest BCUT2D eigenvalue weighted by molar-refractivity contribution is -0.169. The van der Waals surface area contributed by atoms with Crippen LogP contribution in [0.2, 0.25) is 0 Å². The topological polar surface area (TPSA) is 82.1 Å². The Hall–Kier alpha value is -3.09. The SMILES string of the molecule is COC(=O)/C=C1\CC(C(=O)OC)(C(=O)OC)CC=C1N1CCc2ccccc2C1. The number of hydrogen-bond donors (Lipinski definition) is 0. The van der Waals surface area contributed by atoms with Gasteiger partial charge in [0.05, 0.1) is 21.3 Å². The molecule has 154 valence electrons. The quantitative estimate of drug-likeness (QED) is 0.332. The van der Waals surface area contributed by atoms with Gasteiger partial charge in [-0.25, -0.2) is 4.79 Å². The second-order valence-electron chi connectivity index (χ2n) is 7.17. The van der Waals surface area contributed by atoms with E-state index < -0.39 is 23.3 Å². The van der Waals surface area contributed by atoms with Gasteiger partial charge in [0.15, 0.2) is 5.41 Å². The number of esters is 3. The van der Waals surface area contributed by atoms with Gasteiger partial charge in [-0.05, 0) is 29.5 Å². The van der Waals surface area contributed by atoms with Gasteiger partial charge in [-0.3, -0.25) is 9.59 Å². The first-order valence-electron chi connectivity index (χ1n) is 9.42. The predicted octanol–water partition coefficient (Wildman–Crippen LogP) is 2.15. The van der Waals surface area contributed by atoms with Crippen molar-refractivity contribution in [3.8, 4) is 0 Å². The molecule has 0 fully saturated rings. The van der Waals surface area contributed by atoms with E-state index in [1.807, 2.05) is 18.2 Å². The first-order valence-corrected chi connectivity index (χ1v) is 9.42. The number of carbonyl (C=O) groups is 3. The Balaban J connectivity index is 2.01. The highest BCUT2D eigenvalue weighted by Gasteiger charge is 2.51. The fourth-order valence-electron chi connectivity index (χ4n) is 4.03. The van der Waals surface area contributed by atoms with Crippen molar-refractivity contribution in [2.75, 3.05) is 27.9 Å². The molecule has 1 aliphatic heterocycles. The molecule has 0 atom stereocenters. The van der Waals surface area contributed by atoms with Crippen LogP contribution in [-0.2, 0) is 41.6 Å². The highest BCUT2D eigenvalue weighted by Crippen LogP contribution is 2.42. The molecule has 0 radical (unpaired) electrons. The van der Waals surface area contributed by atoms with E-state index in [1.54, 1.807) is 0 Å². The first kappa shape index (κ1) is 20.6. The van der Waals surface area contributed by atoms with Gasteiger partial charge in [-0.2, -0.15) is 0 Å². The van der Waals surface area contributed by atoms with E-state index in [9.17, 15) is 14.4 Å². The lowest BCUT2D eigenvalue weighted by atomic mass is 9.73. The van der Waals surface area contributed by atoms with Gasteiger partial charge in [0.2, 0.25) is 0 Å². The van der Waals surface area contributed by atoms with E-state index in [0.29, 0.717) is 12.1 Å². The Morgan fingerprint density at radius 3 is 2.28 bits per heavy atom. The minimum atomic E-state index is -1.51. The number of hydrogen-bond acceptors (Lipinski definition) is 7. The molecule has 0 unspecified atom stereocenters. The summed E-state index contributed by atoms with van der Waals surface area (Å²) in [5.74, 6) is -1.91. The van der Waals surface area contributed by atoms with Crippen LogP contribution in [0.4, 0.5) is 0 Å². The van der Waals surface area contributed by atoms with Crippen molar-refractivity contribution in [3.05, 3.63) is 58.8 Å². The summed E-state index contributed by atoms with van der Waals surface area (Å²) < 4.78 is 14.6. The van der Waals surface area contributed by atoms with Crippen LogP contribution in [0.25, 0.3) is 0 Å². The lowest BCUT2D eigenvalue weighted by Crippen LogP contribution is -2.44. The molecule has 0 spiro atoms. The zero-order valence-electron chi connectivity index (χ0n) is 16.9. The lowest BCUT2D eigenvalue weighted by Gasteiger charge is -2.39. The Morgan fingerprint density at radius 1 is 1.00 bits per heavy atom. The maximum atomic E-state index is 12.5. The van der Waals surface area contributed by atoms with Gasteiger partial charge in [0.25, 0.3) is 0 Å². The maximum Gasteiger partial charge on any atom is 0.330 e. The molecule has 0 saturated carbocycles. The van der Waals surface area contributed by atoms with Crippen molar-refractivity contribution in [2.24, 2.45) is 5.41 Å². The summed E-state index contributed by atoms with van der Waals surface area (Å²) >= 11 is 0. The molecule has 1 aromatic rings. The Kier molecular flexibility index (Phi) is 6.06.